The van der Waals surface area contributed by atoms with E-state index in [0.29, 0.717) is 18.3 Å². The van der Waals surface area contributed by atoms with Gasteiger partial charge in [-0.15, -0.1) is 0 Å². The number of likely N-dealkylation sites (N-methyl/N-ethyl adjacent to an activating group) is 2. The van der Waals surface area contributed by atoms with E-state index >= 15 is 0 Å². The summed E-state index contributed by atoms with van der Waals surface area (Å²) in [6.07, 6.45) is 2.76. The Balaban J connectivity index is 1.83. The molecule has 0 radical (unpaired) electrons. The summed E-state index contributed by atoms with van der Waals surface area (Å²) in [5, 5.41) is 3.40. The van der Waals surface area contributed by atoms with Gasteiger partial charge in [0.05, 0.1) is 12.6 Å². The lowest BCUT2D eigenvalue weighted by atomic mass is 10.1. The molecule has 1 aromatic rings. The summed E-state index contributed by atoms with van der Waals surface area (Å²) in [6, 6.07) is 9.65. The van der Waals surface area contributed by atoms with Crippen LogP contribution in [-0.4, -0.2) is 70.8 Å². The van der Waals surface area contributed by atoms with Crippen LogP contribution in [0.1, 0.15) is 32.3 Å². The normalized spacial score (nSPS) is 20.7. The third-order valence-electron chi connectivity index (χ3n) is 5.23. The standard InChI is InChI=1S/C20H27N5O2/c1-5-14(2)21-19-22-17-16(18(26)24(4)20(27)23(17)3)25(19)13-9-12-15-10-7-6-8-11-15/h6-8,10-11,14,16H,5,9,12-13H2,1-4H3/p+1. The molecule has 2 heterocycles. The number of aryl methyl sites for hydroxylation is 1. The van der Waals surface area contributed by atoms with Gasteiger partial charge >= 0.3 is 12.0 Å². The number of hydrogen-bond acceptors (Lipinski definition) is 4. The van der Waals surface area contributed by atoms with Gasteiger partial charge in [-0.05, 0) is 31.7 Å². The predicted octanol–water partition coefficient (Wildman–Crippen LogP) is 1.68. The molecule has 0 spiro atoms. The number of rotatable bonds is 6. The molecule has 7 nitrogen and oxygen atoms in total. The van der Waals surface area contributed by atoms with Crippen molar-refractivity contribution in [2.45, 2.75) is 45.2 Å². The van der Waals surface area contributed by atoms with Crippen molar-refractivity contribution in [3.8, 4) is 0 Å². The number of carbonyl (C=O) groups excluding carboxylic acids is 2. The molecule has 2 aliphatic rings. The summed E-state index contributed by atoms with van der Waals surface area (Å²) in [4.78, 5) is 32.4. The van der Waals surface area contributed by atoms with Crippen LogP contribution in [0.5, 0.6) is 0 Å². The molecule has 0 aliphatic carbocycles. The third-order valence-corrected chi connectivity index (χ3v) is 5.23. The second-order valence-corrected chi connectivity index (χ2v) is 7.17. The Morgan fingerprint density at radius 3 is 2.56 bits per heavy atom. The summed E-state index contributed by atoms with van der Waals surface area (Å²) in [6.45, 7) is 4.87. The van der Waals surface area contributed by atoms with Gasteiger partial charge in [0.2, 0.25) is 11.9 Å². The van der Waals surface area contributed by atoms with Crippen molar-refractivity contribution in [1.82, 2.24) is 15.1 Å². The highest BCUT2D eigenvalue weighted by Crippen LogP contribution is 2.19. The molecule has 1 N–H and O–H groups in total. The first kappa shape index (κ1) is 19.1. The summed E-state index contributed by atoms with van der Waals surface area (Å²) in [5.74, 6) is 0.965. The number of urea groups is 1. The fourth-order valence-electron chi connectivity index (χ4n) is 3.37. The number of amides is 3. The Hall–Kier alpha value is -2.70. The lowest BCUT2D eigenvalue weighted by Gasteiger charge is -2.31. The van der Waals surface area contributed by atoms with Crippen LogP contribution in [0, 0.1) is 0 Å². The van der Waals surface area contributed by atoms with E-state index in [0.717, 1.165) is 19.3 Å². The molecule has 0 saturated carbocycles. The maximum absolute atomic E-state index is 12.8. The van der Waals surface area contributed by atoms with Gasteiger partial charge in [-0.3, -0.25) is 19.9 Å². The number of fused-ring (bicyclic) bond motifs is 1. The van der Waals surface area contributed by atoms with Gasteiger partial charge in [-0.2, -0.15) is 0 Å². The van der Waals surface area contributed by atoms with E-state index in [4.69, 9.17) is 0 Å². The van der Waals surface area contributed by atoms with Crippen molar-refractivity contribution in [2.75, 3.05) is 20.6 Å². The number of amidine groups is 1. The van der Waals surface area contributed by atoms with Crippen molar-refractivity contribution in [3.63, 3.8) is 0 Å². The van der Waals surface area contributed by atoms with Crippen molar-refractivity contribution in [2.24, 2.45) is 4.99 Å². The largest absolute Gasteiger partial charge is 0.390 e. The van der Waals surface area contributed by atoms with Crippen molar-refractivity contribution in [3.05, 3.63) is 35.9 Å². The Morgan fingerprint density at radius 2 is 1.89 bits per heavy atom. The summed E-state index contributed by atoms with van der Waals surface area (Å²) in [7, 11) is 3.20. The van der Waals surface area contributed by atoms with Gasteiger partial charge < -0.3 is 0 Å². The fraction of sp³-hybridized carbons (Fsp3) is 0.500. The zero-order chi connectivity index (χ0) is 19.6. The van der Waals surface area contributed by atoms with Gasteiger partial charge in [0, 0.05) is 14.1 Å². The molecule has 1 fully saturated rings. The van der Waals surface area contributed by atoms with Crippen LogP contribution in [0.3, 0.4) is 0 Å². The van der Waals surface area contributed by atoms with Crippen LogP contribution in [0.4, 0.5) is 4.79 Å². The number of aliphatic imine (C=N–C) groups is 1. The molecule has 1 aromatic carbocycles. The topological polar surface area (TPSA) is 68.0 Å². The molecule has 0 bridgehead atoms. The minimum atomic E-state index is -0.542. The molecule has 2 unspecified atom stereocenters. The Labute approximate surface area is 160 Å². The fourth-order valence-corrected chi connectivity index (χ4v) is 3.37. The summed E-state index contributed by atoms with van der Waals surface area (Å²) in [5.41, 5.74) is 1.27. The maximum Gasteiger partial charge on any atom is 0.390 e. The average Bonchev–Trinajstić information content (AvgIpc) is 3.03. The Bertz CT molecular complexity index is 787. The van der Waals surface area contributed by atoms with Crippen molar-refractivity contribution < 1.29 is 14.2 Å². The minimum Gasteiger partial charge on any atom is -0.272 e. The van der Waals surface area contributed by atoms with Gasteiger partial charge in [-0.25, -0.2) is 9.37 Å². The quantitative estimate of drug-likeness (QED) is 0.775. The first-order valence-corrected chi connectivity index (χ1v) is 9.52. The van der Waals surface area contributed by atoms with Crippen molar-refractivity contribution in [1.29, 1.82) is 0 Å². The first-order chi connectivity index (χ1) is 12.9. The molecule has 27 heavy (non-hydrogen) atoms. The molecule has 0 aromatic heterocycles. The van der Waals surface area contributed by atoms with E-state index in [1.165, 1.54) is 22.4 Å². The van der Waals surface area contributed by atoms with Crippen LogP contribution in [0.15, 0.2) is 35.3 Å². The predicted molar refractivity (Wildman–Crippen MR) is 105 cm³/mol. The lowest BCUT2D eigenvalue weighted by molar-refractivity contribution is -0.537. The number of benzene rings is 1. The highest BCUT2D eigenvalue weighted by atomic mass is 16.2. The number of nitrogens with zero attached hydrogens (tertiary/aromatic N) is 4. The van der Waals surface area contributed by atoms with Gasteiger partial charge in [0.25, 0.3) is 5.91 Å². The smallest absolute Gasteiger partial charge is 0.272 e. The second kappa shape index (κ2) is 7.90. The highest BCUT2D eigenvalue weighted by Gasteiger charge is 2.51. The average molecular weight is 370 g/mol. The SMILES string of the molecule is CCC(C)NC1=[N+](CCCc2ccccc2)C2C(=O)N(C)C(=O)N(C)C2=N1. The number of nitrogens with one attached hydrogen (secondary N) is 1. The van der Waals surface area contributed by atoms with Crippen LogP contribution in [0.2, 0.25) is 0 Å². The monoisotopic (exact) mass is 370 g/mol. The summed E-state index contributed by atoms with van der Waals surface area (Å²) >= 11 is 0. The lowest BCUT2D eigenvalue weighted by Crippen LogP contribution is -2.61. The van der Waals surface area contributed by atoms with Crippen LogP contribution < -0.4 is 5.32 Å². The van der Waals surface area contributed by atoms with E-state index in [1.807, 2.05) is 22.8 Å². The number of imide groups is 1. The van der Waals surface area contributed by atoms with Crippen LogP contribution in [-0.2, 0) is 11.2 Å². The number of hydrogen-bond donors (Lipinski definition) is 1. The van der Waals surface area contributed by atoms with E-state index < -0.39 is 6.04 Å². The molecule has 2 aliphatic heterocycles. The Morgan fingerprint density at radius 1 is 1.19 bits per heavy atom. The molecule has 144 valence electrons. The second-order valence-electron chi connectivity index (χ2n) is 7.17. The highest BCUT2D eigenvalue weighted by molar-refractivity contribution is 6.22. The molecule has 3 rings (SSSR count). The van der Waals surface area contributed by atoms with E-state index in [2.05, 4.69) is 36.3 Å². The van der Waals surface area contributed by atoms with Gasteiger partial charge in [0.15, 0.2) is 0 Å². The molecular formula is C20H28N5O2+. The minimum absolute atomic E-state index is 0.225. The van der Waals surface area contributed by atoms with Crippen LogP contribution in [0.25, 0.3) is 0 Å². The van der Waals surface area contributed by atoms with Crippen LogP contribution >= 0.6 is 0 Å². The molecule has 2 atom stereocenters. The van der Waals surface area contributed by atoms with E-state index in [-0.39, 0.29) is 18.0 Å². The zero-order valence-corrected chi connectivity index (χ0v) is 16.5. The first-order valence-electron chi connectivity index (χ1n) is 9.52. The molecule has 1 saturated heterocycles. The van der Waals surface area contributed by atoms with Gasteiger partial charge in [0.1, 0.15) is 0 Å². The summed E-state index contributed by atoms with van der Waals surface area (Å²) < 4.78 is 2.01. The number of carbonyl (C=O) groups is 2. The zero-order valence-electron chi connectivity index (χ0n) is 16.5. The third kappa shape index (κ3) is 3.72. The molecule has 3 amide bonds. The Kier molecular flexibility index (Phi) is 5.58. The van der Waals surface area contributed by atoms with E-state index in [1.54, 1.807) is 7.05 Å². The van der Waals surface area contributed by atoms with Gasteiger partial charge in [-0.1, -0.05) is 42.2 Å². The molecule has 7 heteroatoms. The number of guanidine groups is 1. The molecular weight excluding hydrogens is 342 g/mol. The van der Waals surface area contributed by atoms with Crippen molar-refractivity contribution >= 4 is 23.7 Å². The van der Waals surface area contributed by atoms with E-state index in [9.17, 15) is 9.59 Å². The maximum atomic E-state index is 12.8.